The molecule has 1 aromatic rings. The van der Waals surface area contributed by atoms with E-state index in [0.29, 0.717) is 6.29 Å². The van der Waals surface area contributed by atoms with Gasteiger partial charge in [-0.3, -0.25) is 9.59 Å². The van der Waals surface area contributed by atoms with Crippen molar-refractivity contribution in [3.8, 4) is 0 Å². The molecule has 0 bridgehead atoms. The van der Waals surface area contributed by atoms with E-state index >= 15 is 0 Å². The van der Waals surface area contributed by atoms with Gasteiger partial charge in [-0.05, 0) is 42.5 Å². The molecule has 3 nitrogen and oxygen atoms in total. The highest BCUT2D eigenvalue weighted by Gasteiger charge is 2.14. The van der Waals surface area contributed by atoms with Crippen molar-refractivity contribution < 1.29 is 9.59 Å². The molecule has 78 valence electrons. The first-order chi connectivity index (χ1) is 7.22. The third-order valence-corrected chi connectivity index (χ3v) is 2.90. The van der Waals surface area contributed by atoms with Crippen LogP contribution in [0.2, 0.25) is 0 Å². The molecule has 1 aromatic carbocycles. The fourth-order valence-corrected chi connectivity index (χ4v) is 1.97. The van der Waals surface area contributed by atoms with Crippen molar-refractivity contribution in [2.45, 2.75) is 19.3 Å². The number of rotatable bonds is 2. The summed E-state index contributed by atoms with van der Waals surface area (Å²) in [6.07, 6.45) is 3.73. The van der Waals surface area contributed by atoms with Crippen molar-refractivity contribution in [3.63, 3.8) is 0 Å². The molecule has 1 aliphatic carbocycles. The molecule has 0 fully saturated rings. The van der Waals surface area contributed by atoms with Crippen molar-refractivity contribution in [2.75, 3.05) is 11.9 Å². The van der Waals surface area contributed by atoms with Crippen LogP contribution in [0.25, 0.3) is 0 Å². The Morgan fingerprint density at radius 2 is 2.07 bits per heavy atom. The SMILES string of the molecule is CN(C(=O)C=O)c1ccc2c(c1)CCC2. The minimum Gasteiger partial charge on any atom is -0.309 e. The van der Waals surface area contributed by atoms with E-state index in [2.05, 4.69) is 0 Å². The zero-order valence-corrected chi connectivity index (χ0v) is 8.69. The molecule has 0 spiro atoms. The van der Waals surface area contributed by atoms with Gasteiger partial charge in [-0.15, -0.1) is 0 Å². The van der Waals surface area contributed by atoms with E-state index in [1.807, 2.05) is 18.2 Å². The minimum atomic E-state index is -0.507. The number of carbonyl (C=O) groups is 2. The van der Waals surface area contributed by atoms with E-state index in [1.165, 1.54) is 22.4 Å². The third kappa shape index (κ3) is 1.77. The van der Waals surface area contributed by atoms with Gasteiger partial charge in [-0.25, -0.2) is 0 Å². The number of carbonyl (C=O) groups excluding carboxylic acids is 2. The lowest BCUT2D eigenvalue weighted by atomic mass is 10.1. The zero-order chi connectivity index (χ0) is 10.8. The Bertz CT molecular complexity index is 412. The average Bonchev–Trinajstić information content (AvgIpc) is 2.73. The van der Waals surface area contributed by atoms with Gasteiger partial charge in [0, 0.05) is 12.7 Å². The fraction of sp³-hybridized carbons (Fsp3) is 0.333. The molecule has 0 saturated carbocycles. The maximum atomic E-state index is 11.2. The second-order valence-electron chi connectivity index (χ2n) is 3.82. The molecule has 0 atom stereocenters. The van der Waals surface area contributed by atoms with Crippen LogP contribution in [0.3, 0.4) is 0 Å². The van der Waals surface area contributed by atoms with Crippen molar-refractivity contribution in [3.05, 3.63) is 29.3 Å². The Kier molecular flexibility index (Phi) is 2.54. The van der Waals surface area contributed by atoms with Crippen LogP contribution in [0.4, 0.5) is 5.69 Å². The first-order valence-electron chi connectivity index (χ1n) is 5.07. The number of aldehydes is 1. The number of fused-ring (bicyclic) bond motifs is 1. The highest BCUT2D eigenvalue weighted by atomic mass is 16.2. The van der Waals surface area contributed by atoms with Gasteiger partial charge in [0.1, 0.15) is 0 Å². The number of hydrogen-bond acceptors (Lipinski definition) is 2. The molecule has 1 aliphatic rings. The molecule has 2 rings (SSSR count). The molecule has 0 radical (unpaired) electrons. The number of amides is 1. The molecule has 3 heteroatoms. The summed E-state index contributed by atoms with van der Waals surface area (Å²) in [7, 11) is 1.62. The van der Waals surface area contributed by atoms with Crippen LogP contribution in [-0.4, -0.2) is 19.2 Å². The maximum absolute atomic E-state index is 11.2. The predicted molar refractivity (Wildman–Crippen MR) is 57.9 cm³/mol. The lowest BCUT2D eigenvalue weighted by molar-refractivity contribution is -0.129. The maximum Gasteiger partial charge on any atom is 0.290 e. The Balaban J connectivity index is 2.30. The normalized spacial score (nSPS) is 13.4. The number of likely N-dealkylation sites (N-methyl/N-ethyl adjacent to an activating group) is 1. The summed E-state index contributed by atoms with van der Waals surface area (Å²) in [6, 6.07) is 5.95. The van der Waals surface area contributed by atoms with Crippen molar-refractivity contribution in [1.82, 2.24) is 0 Å². The smallest absolute Gasteiger partial charge is 0.290 e. The second-order valence-corrected chi connectivity index (χ2v) is 3.82. The first kappa shape index (κ1) is 9.90. The standard InChI is InChI=1S/C12H13NO2/c1-13(12(15)8-14)11-6-5-9-3-2-4-10(9)7-11/h5-8H,2-4H2,1H3. The minimum absolute atomic E-state index is 0.341. The number of hydrogen-bond donors (Lipinski definition) is 0. The Hall–Kier alpha value is -1.64. The second kappa shape index (κ2) is 3.85. The summed E-state index contributed by atoms with van der Waals surface area (Å²) in [6.45, 7) is 0. The predicted octanol–water partition coefficient (Wildman–Crippen LogP) is 1.34. The third-order valence-electron chi connectivity index (χ3n) is 2.90. The van der Waals surface area contributed by atoms with Crippen LogP contribution in [-0.2, 0) is 22.4 Å². The van der Waals surface area contributed by atoms with E-state index in [9.17, 15) is 9.59 Å². The highest BCUT2D eigenvalue weighted by molar-refractivity contribution is 6.30. The first-order valence-corrected chi connectivity index (χ1v) is 5.07. The van der Waals surface area contributed by atoms with Crippen LogP contribution >= 0.6 is 0 Å². The lowest BCUT2D eigenvalue weighted by Crippen LogP contribution is -2.26. The van der Waals surface area contributed by atoms with E-state index in [0.717, 1.165) is 18.5 Å². The molecule has 0 aliphatic heterocycles. The molecular formula is C12H13NO2. The molecule has 0 saturated heterocycles. The number of aryl methyl sites for hydroxylation is 2. The highest BCUT2D eigenvalue weighted by Crippen LogP contribution is 2.26. The molecule has 15 heavy (non-hydrogen) atoms. The summed E-state index contributed by atoms with van der Waals surface area (Å²) in [5.74, 6) is -0.507. The summed E-state index contributed by atoms with van der Waals surface area (Å²) in [4.78, 5) is 22.9. The molecular weight excluding hydrogens is 190 g/mol. The van der Waals surface area contributed by atoms with Gasteiger partial charge < -0.3 is 4.90 Å². The Morgan fingerprint density at radius 1 is 1.33 bits per heavy atom. The van der Waals surface area contributed by atoms with Crippen molar-refractivity contribution in [1.29, 1.82) is 0 Å². The van der Waals surface area contributed by atoms with Crippen molar-refractivity contribution >= 4 is 17.9 Å². The van der Waals surface area contributed by atoms with Crippen LogP contribution in [0.5, 0.6) is 0 Å². The summed E-state index contributed by atoms with van der Waals surface area (Å²) in [5, 5.41) is 0. The monoisotopic (exact) mass is 203 g/mol. The fourth-order valence-electron chi connectivity index (χ4n) is 1.97. The summed E-state index contributed by atoms with van der Waals surface area (Å²) in [5.41, 5.74) is 3.47. The van der Waals surface area contributed by atoms with Gasteiger partial charge in [0.05, 0.1) is 0 Å². The lowest BCUT2D eigenvalue weighted by Gasteiger charge is -2.15. The Labute approximate surface area is 88.7 Å². The van der Waals surface area contributed by atoms with Crippen LogP contribution in [0.15, 0.2) is 18.2 Å². The van der Waals surface area contributed by atoms with Gasteiger partial charge in [0.25, 0.3) is 5.91 Å². The number of benzene rings is 1. The van der Waals surface area contributed by atoms with Crippen LogP contribution < -0.4 is 4.90 Å². The van der Waals surface area contributed by atoms with Crippen molar-refractivity contribution in [2.24, 2.45) is 0 Å². The van der Waals surface area contributed by atoms with Crippen LogP contribution in [0, 0.1) is 0 Å². The van der Waals surface area contributed by atoms with E-state index in [-0.39, 0.29) is 0 Å². The molecule has 0 N–H and O–H groups in total. The average molecular weight is 203 g/mol. The summed E-state index contributed by atoms with van der Waals surface area (Å²) >= 11 is 0. The zero-order valence-electron chi connectivity index (χ0n) is 8.69. The number of nitrogens with zero attached hydrogens (tertiary/aromatic N) is 1. The van der Waals surface area contributed by atoms with Gasteiger partial charge in [-0.1, -0.05) is 6.07 Å². The van der Waals surface area contributed by atoms with E-state index in [4.69, 9.17) is 0 Å². The largest absolute Gasteiger partial charge is 0.309 e. The number of anilines is 1. The van der Waals surface area contributed by atoms with Crippen LogP contribution in [0.1, 0.15) is 17.5 Å². The van der Waals surface area contributed by atoms with Gasteiger partial charge >= 0.3 is 0 Å². The molecule has 0 unspecified atom stereocenters. The summed E-state index contributed by atoms with van der Waals surface area (Å²) < 4.78 is 0. The quantitative estimate of drug-likeness (QED) is 0.537. The molecule has 0 aromatic heterocycles. The van der Waals surface area contributed by atoms with Gasteiger partial charge in [0.15, 0.2) is 0 Å². The molecule has 1 amide bonds. The molecule has 0 heterocycles. The van der Waals surface area contributed by atoms with E-state index in [1.54, 1.807) is 7.05 Å². The van der Waals surface area contributed by atoms with E-state index < -0.39 is 5.91 Å². The topological polar surface area (TPSA) is 37.4 Å². The Morgan fingerprint density at radius 3 is 2.80 bits per heavy atom. The van der Waals surface area contributed by atoms with Gasteiger partial charge in [0.2, 0.25) is 6.29 Å². The van der Waals surface area contributed by atoms with Gasteiger partial charge in [-0.2, -0.15) is 0 Å².